The lowest BCUT2D eigenvalue weighted by Gasteiger charge is -2.12. The van der Waals surface area contributed by atoms with Crippen LogP contribution in [0, 0.1) is 0 Å². The molecular weight excluding hydrogens is 214 g/mol. The van der Waals surface area contributed by atoms with Crippen LogP contribution in [0.2, 0.25) is 0 Å². The normalized spacial score (nSPS) is 11.8. The van der Waals surface area contributed by atoms with E-state index in [4.69, 9.17) is 10.8 Å². The zero-order valence-corrected chi connectivity index (χ0v) is 9.16. The zero-order chi connectivity index (χ0) is 12.6. The summed E-state index contributed by atoms with van der Waals surface area (Å²) in [6.07, 6.45) is -0.237. The Morgan fingerprint density at radius 3 is 2.44 bits per heavy atom. The van der Waals surface area contributed by atoms with Gasteiger partial charge in [0.25, 0.3) is 0 Å². The lowest BCUT2D eigenvalue weighted by Crippen LogP contribution is -2.43. The number of carbonyl (C=O) groups excluding carboxylic acids is 2. The van der Waals surface area contributed by atoms with Gasteiger partial charge in [0.05, 0.1) is 6.42 Å². The van der Waals surface area contributed by atoms with Gasteiger partial charge in [-0.3, -0.25) is 9.59 Å². The SMILES string of the molecule is CCNCCC(=O)N[C@@H](CC(N)=O)C(=O)O. The minimum atomic E-state index is -1.27. The van der Waals surface area contributed by atoms with E-state index in [0.717, 1.165) is 6.54 Å². The van der Waals surface area contributed by atoms with Gasteiger partial charge in [-0.2, -0.15) is 0 Å². The number of aliphatic carboxylic acids is 1. The van der Waals surface area contributed by atoms with Crippen LogP contribution >= 0.6 is 0 Å². The second-order valence-corrected chi connectivity index (χ2v) is 3.23. The van der Waals surface area contributed by atoms with E-state index in [1.54, 1.807) is 0 Å². The summed E-state index contributed by atoms with van der Waals surface area (Å²) in [5.41, 5.74) is 4.86. The molecule has 0 aromatic carbocycles. The summed E-state index contributed by atoms with van der Waals surface area (Å²) in [5, 5.41) is 13.9. The third-order valence-corrected chi connectivity index (χ3v) is 1.82. The molecule has 0 aromatic rings. The third-order valence-electron chi connectivity index (χ3n) is 1.82. The molecule has 0 heterocycles. The Labute approximate surface area is 93.4 Å². The average Bonchev–Trinajstić information content (AvgIpc) is 2.16. The maximum Gasteiger partial charge on any atom is 0.326 e. The lowest BCUT2D eigenvalue weighted by molar-refractivity contribution is -0.143. The first-order valence-corrected chi connectivity index (χ1v) is 4.98. The highest BCUT2D eigenvalue weighted by Crippen LogP contribution is 1.92. The van der Waals surface area contributed by atoms with Crippen LogP contribution in [0.25, 0.3) is 0 Å². The van der Waals surface area contributed by atoms with Crippen molar-refractivity contribution >= 4 is 17.8 Å². The van der Waals surface area contributed by atoms with Crippen molar-refractivity contribution in [3.63, 3.8) is 0 Å². The summed E-state index contributed by atoms with van der Waals surface area (Å²) >= 11 is 0. The van der Waals surface area contributed by atoms with E-state index in [2.05, 4.69) is 10.6 Å². The Morgan fingerprint density at radius 2 is 2.00 bits per heavy atom. The third kappa shape index (κ3) is 6.77. The largest absolute Gasteiger partial charge is 0.480 e. The van der Waals surface area contributed by atoms with Crippen LogP contribution in [0.4, 0.5) is 0 Å². The lowest BCUT2D eigenvalue weighted by atomic mass is 10.2. The number of hydrogen-bond donors (Lipinski definition) is 4. The quantitative estimate of drug-likeness (QED) is 0.376. The maximum absolute atomic E-state index is 11.2. The number of carboxylic acids is 1. The van der Waals surface area contributed by atoms with Crippen LogP contribution in [0.3, 0.4) is 0 Å². The molecule has 0 aliphatic heterocycles. The summed E-state index contributed by atoms with van der Waals surface area (Å²) in [7, 11) is 0. The molecule has 16 heavy (non-hydrogen) atoms. The number of primary amides is 1. The summed E-state index contributed by atoms with van der Waals surface area (Å²) in [6.45, 7) is 3.09. The van der Waals surface area contributed by atoms with E-state index in [1.807, 2.05) is 6.92 Å². The van der Waals surface area contributed by atoms with Crippen LogP contribution in [0.15, 0.2) is 0 Å². The average molecular weight is 231 g/mol. The Balaban J connectivity index is 4.03. The fourth-order valence-corrected chi connectivity index (χ4v) is 1.05. The number of nitrogens with two attached hydrogens (primary N) is 1. The predicted octanol–water partition coefficient (Wildman–Crippen LogP) is -1.57. The molecule has 0 aliphatic carbocycles. The van der Waals surface area contributed by atoms with E-state index >= 15 is 0 Å². The Kier molecular flexibility index (Phi) is 6.86. The van der Waals surface area contributed by atoms with E-state index in [0.29, 0.717) is 6.54 Å². The van der Waals surface area contributed by atoms with Crippen molar-refractivity contribution in [1.82, 2.24) is 10.6 Å². The number of amides is 2. The molecule has 0 rings (SSSR count). The van der Waals surface area contributed by atoms with Crippen molar-refractivity contribution in [3.05, 3.63) is 0 Å². The molecule has 0 saturated heterocycles. The maximum atomic E-state index is 11.2. The second-order valence-electron chi connectivity index (χ2n) is 3.23. The standard InChI is InChI=1S/C9H17N3O4/c1-2-11-4-3-8(14)12-6(9(15)16)5-7(10)13/h6,11H,2-5H2,1H3,(H2,10,13)(H,12,14)(H,15,16)/t6-/m0/s1. The molecule has 7 nitrogen and oxygen atoms in total. The Morgan fingerprint density at radius 1 is 1.38 bits per heavy atom. The van der Waals surface area contributed by atoms with Gasteiger partial charge in [0.15, 0.2) is 0 Å². The van der Waals surface area contributed by atoms with Crippen molar-refractivity contribution in [2.75, 3.05) is 13.1 Å². The highest BCUT2D eigenvalue weighted by Gasteiger charge is 2.21. The number of carbonyl (C=O) groups is 3. The van der Waals surface area contributed by atoms with E-state index in [-0.39, 0.29) is 6.42 Å². The number of nitrogens with one attached hydrogen (secondary N) is 2. The molecule has 0 saturated carbocycles. The van der Waals surface area contributed by atoms with Crippen LogP contribution in [0.1, 0.15) is 19.8 Å². The smallest absolute Gasteiger partial charge is 0.326 e. The van der Waals surface area contributed by atoms with Gasteiger partial charge in [-0.05, 0) is 6.54 Å². The van der Waals surface area contributed by atoms with Crippen LogP contribution < -0.4 is 16.4 Å². The summed E-state index contributed by atoms with van der Waals surface area (Å²) in [6, 6.07) is -1.24. The number of rotatable bonds is 8. The van der Waals surface area contributed by atoms with Gasteiger partial charge in [0, 0.05) is 13.0 Å². The van der Waals surface area contributed by atoms with Gasteiger partial charge in [-0.25, -0.2) is 4.79 Å². The molecule has 0 unspecified atom stereocenters. The monoisotopic (exact) mass is 231 g/mol. The fraction of sp³-hybridized carbons (Fsp3) is 0.667. The highest BCUT2D eigenvalue weighted by atomic mass is 16.4. The van der Waals surface area contributed by atoms with Crippen LogP contribution in [-0.2, 0) is 14.4 Å². The Hall–Kier alpha value is -1.63. The minimum Gasteiger partial charge on any atom is -0.480 e. The molecule has 0 aliphatic rings. The van der Waals surface area contributed by atoms with Crippen molar-refractivity contribution in [3.8, 4) is 0 Å². The molecule has 1 atom stereocenters. The van der Waals surface area contributed by atoms with Crippen molar-refractivity contribution in [1.29, 1.82) is 0 Å². The summed E-state index contributed by atoms with van der Waals surface area (Å²) < 4.78 is 0. The molecular formula is C9H17N3O4. The van der Waals surface area contributed by atoms with E-state index in [9.17, 15) is 14.4 Å². The van der Waals surface area contributed by atoms with Crippen LogP contribution in [0.5, 0.6) is 0 Å². The fourth-order valence-electron chi connectivity index (χ4n) is 1.05. The van der Waals surface area contributed by atoms with Crippen molar-refractivity contribution < 1.29 is 19.5 Å². The Bertz CT molecular complexity index is 267. The highest BCUT2D eigenvalue weighted by molar-refractivity contribution is 5.88. The summed E-state index contributed by atoms with van der Waals surface area (Å²) in [5.74, 6) is -2.45. The van der Waals surface area contributed by atoms with Crippen LogP contribution in [-0.4, -0.2) is 42.0 Å². The van der Waals surface area contributed by atoms with Gasteiger partial charge in [0.1, 0.15) is 6.04 Å². The van der Waals surface area contributed by atoms with Gasteiger partial charge in [-0.15, -0.1) is 0 Å². The first-order valence-electron chi connectivity index (χ1n) is 4.98. The number of carboxylic acid groups (broad SMARTS) is 1. The van der Waals surface area contributed by atoms with E-state index in [1.165, 1.54) is 0 Å². The molecule has 7 heteroatoms. The van der Waals surface area contributed by atoms with Gasteiger partial charge in [-0.1, -0.05) is 6.92 Å². The number of hydrogen-bond acceptors (Lipinski definition) is 4. The first-order chi connectivity index (χ1) is 7.47. The molecule has 0 bridgehead atoms. The molecule has 0 aromatic heterocycles. The second kappa shape index (κ2) is 7.63. The predicted molar refractivity (Wildman–Crippen MR) is 56.5 cm³/mol. The molecule has 92 valence electrons. The van der Waals surface area contributed by atoms with Crippen molar-refractivity contribution in [2.45, 2.75) is 25.8 Å². The van der Waals surface area contributed by atoms with Gasteiger partial charge in [0.2, 0.25) is 11.8 Å². The molecule has 0 spiro atoms. The molecule has 5 N–H and O–H groups in total. The van der Waals surface area contributed by atoms with Gasteiger partial charge >= 0.3 is 5.97 Å². The summed E-state index contributed by atoms with van der Waals surface area (Å²) in [4.78, 5) is 32.5. The van der Waals surface area contributed by atoms with Crippen molar-refractivity contribution in [2.24, 2.45) is 5.73 Å². The zero-order valence-electron chi connectivity index (χ0n) is 9.16. The topological polar surface area (TPSA) is 122 Å². The molecule has 0 radical (unpaired) electrons. The first kappa shape index (κ1) is 14.4. The van der Waals surface area contributed by atoms with Gasteiger partial charge < -0.3 is 21.5 Å². The molecule has 0 fully saturated rings. The minimum absolute atomic E-state index is 0.163. The molecule has 2 amide bonds. The van der Waals surface area contributed by atoms with E-state index < -0.39 is 30.2 Å².